The molecule has 0 radical (unpaired) electrons. The average Bonchev–Trinajstić information content (AvgIpc) is 2.93. The fourth-order valence-corrected chi connectivity index (χ4v) is 3.52. The van der Waals surface area contributed by atoms with Gasteiger partial charge in [0.1, 0.15) is 10.9 Å². The SMILES string of the molecule is Nc1nc2c(sc(=S)n2[C@H]2CC[C@@H](CO)O2)c(=O)[nH]1. The van der Waals surface area contributed by atoms with Gasteiger partial charge in [0.2, 0.25) is 5.95 Å². The number of ether oxygens (including phenoxy) is 1. The number of thiazole rings is 1. The van der Waals surface area contributed by atoms with Crippen LogP contribution in [0.5, 0.6) is 0 Å². The van der Waals surface area contributed by atoms with Gasteiger partial charge in [-0.05, 0) is 25.1 Å². The number of nitrogens with zero attached hydrogens (tertiary/aromatic N) is 2. The van der Waals surface area contributed by atoms with Crippen LogP contribution in [0.4, 0.5) is 5.95 Å². The van der Waals surface area contributed by atoms with Gasteiger partial charge in [0.05, 0.1) is 12.7 Å². The van der Waals surface area contributed by atoms with Crippen LogP contribution in [0.3, 0.4) is 0 Å². The molecule has 1 saturated heterocycles. The first kappa shape index (κ1) is 12.7. The molecule has 102 valence electrons. The molecular weight excluding hydrogens is 288 g/mol. The standard InChI is InChI=1S/C10H12N4O3S2/c11-9-12-7-6(8(16)13-9)19-10(18)14(7)5-2-1-4(3-15)17-5/h4-5,15H,1-3H2,(H3,11,12,13,16)/t4-,5+/m0/s1. The summed E-state index contributed by atoms with van der Waals surface area (Å²) in [6.07, 6.45) is 0.979. The Morgan fingerprint density at radius 1 is 1.63 bits per heavy atom. The van der Waals surface area contributed by atoms with Gasteiger partial charge in [-0.3, -0.25) is 14.3 Å². The molecule has 0 saturated carbocycles. The number of aromatic nitrogens is 3. The van der Waals surface area contributed by atoms with Gasteiger partial charge in [-0.1, -0.05) is 11.3 Å². The monoisotopic (exact) mass is 300 g/mol. The highest BCUT2D eigenvalue weighted by atomic mass is 32.1. The number of hydrogen-bond donors (Lipinski definition) is 3. The van der Waals surface area contributed by atoms with Crippen molar-refractivity contribution < 1.29 is 9.84 Å². The van der Waals surface area contributed by atoms with Crippen LogP contribution in [0.25, 0.3) is 10.3 Å². The number of nitrogens with one attached hydrogen (secondary N) is 1. The third-order valence-electron chi connectivity index (χ3n) is 3.07. The minimum Gasteiger partial charge on any atom is -0.394 e. The van der Waals surface area contributed by atoms with Crippen LogP contribution in [0.1, 0.15) is 19.1 Å². The van der Waals surface area contributed by atoms with E-state index in [0.717, 1.165) is 12.8 Å². The molecule has 0 unspecified atom stereocenters. The summed E-state index contributed by atoms with van der Waals surface area (Å²) in [6.45, 7) is -0.0258. The van der Waals surface area contributed by atoms with E-state index in [1.54, 1.807) is 4.57 Å². The zero-order valence-corrected chi connectivity index (χ0v) is 11.5. The van der Waals surface area contributed by atoms with E-state index < -0.39 is 0 Å². The number of H-pyrrole nitrogens is 1. The Morgan fingerprint density at radius 3 is 3.11 bits per heavy atom. The van der Waals surface area contributed by atoms with E-state index in [2.05, 4.69) is 9.97 Å². The molecule has 3 rings (SSSR count). The second kappa shape index (κ2) is 4.67. The van der Waals surface area contributed by atoms with E-state index in [1.807, 2.05) is 0 Å². The summed E-state index contributed by atoms with van der Waals surface area (Å²) in [6, 6.07) is 0. The van der Waals surface area contributed by atoms with Crippen LogP contribution < -0.4 is 11.3 Å². The first-order valence-electron chi connectivity index (χ1n) is 5.77. The predicted molar refractivity (Wildman–Crippen MR) is 73.7 cm³/mol. The number of fused-ring (bicyclic) bond motifs is 1. The Labute approximate surface area is 116 Å². The van der Waals surface area contributed by atoms with E-state index in [-0.39, 0.29) is 30.4 Å². The molecule has 0 spiro atoms. The van der Waals surface area contributed by atoms with Gasteiger partial charge in [-0.2, -0.15) is 4.98 Å². The predicted octanol–water partition coefficient (Wildman–Crippen LogP) is 0.768. The molecule has 0 aromatic carbocycles. The van der Waals surface area contributed by atoms with E-state index in [4.69, 9.17) is 27.8 Å². The molecular formula is C10H12N4O3S2. The maximum Gasteiger partial charge on any atom is 0.271 e. The fourth-order valence-electron chi connectivity index (χ4n) is 2.21. The normalized spacial score (nSPS) is 23.2. The van der Waals surface area contributed by atoms with Crippen LogP contribution >= 0.6 is 23.6 Å². The number of nitrogen functional groups attached to an aromatic ring is 1. The highest BCUT2D eigenvalue weighted by molar-refractivity contribution is 7.73. The van der Waals surface area contributed by atoms with Crippen LogP contribution in [0, 0.1) is 3.95 Å². The Bertz CT molecular complexity index is 734. The van der Waals surface area contributed by atoms with Crippen LogP contribution in [0.15, 0.2) is 4.79 Å². The fraction of sp³-hybridized carbons (Fsp3) is 0.500. The van der Waals surface area contributed by atoms with Gasteiger partial charge >= 0.3 is 0 Å². The van der Waals surface area contributed by atoms with E-state index in [1.165, 1.54) is 11.3 Å². The third-order valence-corrected chi connectivity index (χ3v) is 4.46. The Kier molecular flexibility index (Phi) is 3.13. The second-order valence-electron chi connectivity index (χ2n) is 4.31. The minimum absolute atomic E-state index is 0.0258. The van der Waals surface area contributed by atoms with Gasteiger partial charge in [0, 0.05) is 0 Å². The molecule has 0 amide bonds. The van der Waals surface area contributed by atoms with Crippen molar-refractivity contribution in [2.45, 2.75) is 25.2 Å². The molecule has 1 aliphatic rings. The van der Waals surface area contributed by atoms with Crippen molar-refractivity contribution in [1.82, 2.24) is 14.5 Å². The third kappa shape index (κ3) is 2.08. The molecule has 9 heteroatoms. The molecule has 2 atom stereocenters. The lowest BCUT2D eigenvalue weighted by atomic mass is 10.2. The first-order chi connectivity index (χ1) is 9.10. The number of aliphatic hydroxyl groups is 1. The molecule has 3 heterocycles. The molecule has 4 N–H and O–H groups in total. The van der Waals surface area contributed by atoms with Gasteiger partial charge in [0.25, 0.3) is 5.56 Å². The van der Waals surface area contributed by atoms with Crippen molar-refractivity contribution >= 4 is 39.9 Å². The number of aliphatic hydroxyl groups excluding tert-OH is 1. The zero-order valence-electron chi connectivity index (χ0n) is 9.83. The van der Waals surface area contributed by atoms with Crippen LogP contribution in [-0.4, -0.2) is 32.4 Å². The van der Waals surface area contributed by atoms with Crippen molar-refractivity contribution in [3.05, 3.63) is 14.3 Å². The highest BCUT2D eigenvalue weighted by Crippen LogP contribution is 2.32. The van der Waals surface area contributed by atoms with Crippen LogP contribution in [0.2, 0.25) is 0 Å². The molecule has 1 aliphatic heterocycles. The number of hydrogen-bond acceptors (Lipinski definition) is 7. The lowest BCUT2D eigenvalue weighted by Gasteiger charge is -2.14. The summed E-state index contributed by atoms with van der Waals surface area (Å²) < 4.78 is 8.34. The summed E-state index contributed by atoms with van der Waals surface area (Å²) in [5.74, 6) is 0.0516. The number of aromatic amines is 1. The maximum atomic E-state index is 11.8. The molecule has 0 bridgehead atoms. The van der Waals surface area contributed by atoms with Crippen molar-refractivity contribution in [2.75, 3.05) is 12.3 Å². The molecule has 2 aromatic heterocycles. The average molecular weight is 300 g/mol. The van der Waals surface area contributed by atoms with Crippen molar-refractivity contribution in [2.24, 2.45) is 0 Å². The number of anilines is 1. The van der Waals surface area contributed by atoms with Crippen molar-refractivity contribution in [1.29, 1.82) is 0 Å². The Hall–Kier alpha value is -1.29. The lowest BCUT2D eigenvalue weighted by molar-refractivity contribution is -0.0207. The molecule has 19 heavy (non-hydrogen) atoms. The minimum atomic E-state index is -0.299. The molecule has 0 aliphatic carbocycles. The van der Waals surface area contributed by atoms with Crippen LogP contribution in [-0.2, 0) is 4.74 Å². The topological polar surface area (TPSA) is 106 Å². The maximum absolute atomic E-state index is 11.8. The van der Waals surface area contributed by atoms with Crippen molar-refractivity contribution in [3.63, 3.8) is 0 Å². The van der Waals surface area contributed by atoms with Gasteiger partial charge in [0.15, 0.2) is 9.60 Å². The zero-order chi connectivity index (χ0) is 13.6. The number of rotatable bonds is 2. The second-order valence-corrected chi connectivity index (χ2v) is 5.96. The van der Waals surface area contributed by atoms with Gasteiger partial charge in [-0.15, -0.1) is 0 Å². The molecule has 1 fully saturated rings. The Morgan fingerprint density at radius 2 is 2.42 bits per heavy atom. The van der Waals surface area contributed by atoms with Gasteiger partial charge < -0.3 is 15.6 Å². The summed E-state index contributed by atoms with van der Waals surface area (Å²) in [7, 11) is 0. The number of nitrogens with two attached hydrogens (primary N) is 1. The highest BCUT2D eigenvalue weighted by Gasteiger charge is 2.28. The summed E-state index contributed by atoms with van der Waals surface area (Å²) >= 11 is 6.46. The molecule has 7 nitrogen and oxygen atoms in total. The quantitative estimate of drug-likeness (QED) is 0.707. The summed E-state index contributed by atoms with van der Waals surface area (Å²) in [5, 5.41) is 9.10. The van der Waals surface area contributed by atoms with E-state index in [9.17, 15) is 4.79 Å². The lowest BCUT2D eigenvalue weighted by Crippen LogP contribution is -2.16. The largest absolute Gasteiger partial charge is 0.394 e. The van der Waals surface area contributed by atoms with Gasteiger partial charge in [-0.25, -0.2) is 0 Å². The Balaban J connectivity index is 2.16. The summed E-state index contributed by atoms with van der Waals surface area (Å²) in [4.78, 5) is 18.4. The van der Waals surface area contributed by atoms with Crippen molar-refractivity contribution in [3.8, 4) is 0 Å². The van der Waals surface area contributed by atoms with E-state index >= 15 is 0 Å². The van der Waals surface area contributed by atoms with E-state index in [0.29, 0.717) is 14.3 Å². The smallest absolute Gasteiger partial charge is 0.271 e. The summed E-state index contributed by atoms with van der Waals surface area (Å²) in [5.41, 5.74) is 5.71. The first-order valence-corrected chi connectivity index (χ1v) is 6.99. The molecule has 2 aromatic rings.